The van der Waals surface area contributed by atoms with E-state index in [9.17, 15) is 4.79 Å². The normalized spacial score (nSPS) is 24.6. The summed E-state index contributed by atoms with van der Waals surface area (Å²) in [5, 5.41) is 0. The highest BCUT2D eigenvalue weighted by molar-refractivity contribution is 9.10. The summed E-state index contributed by atoms with van der Waals surface area (Å²) in [6.45, 7) is 7.96. The topological polar surface area (TPSA) is 23.6 Å². The van der Waals surface area contributed by atoms with Crippen molar-refractivity contribution < 1.29 is 4.79 Å². The van der Waals surface area contributed by atoms with Gasteiger partial charge >= 0.3 is 0 Å². The number of hydrogen-bond donors (Lipinski definition) is 0. The zero-order valence-electron chi connectivity index (χ0n) is 12.0. The van der Waals surface area contributed by atoms with Crippen molar-refractivity contribution in [2.45, 2.75) is 32.9 Å². The molecule has 0 spiro atoms. The fourth-order valence-corrected chi connectivity index (χ4v) is 2.86. The zero-order valence-corrected chi connectivity index (χ0v) is 13.6. The van der Waals surface area contributed by atoms with Gasteiger partial charge < -0.3 is 4.90 Å². The molecule has 1 aromatic carbocycles. The third kappa shape index (κ3) is 3.00. The lowest BCUT2D eigenvalue weighted by Crippen LogP contribution is -2.56. The van der Waals surface area contributed by atoms with Crippen LogP contribution in [-0.4, -0.2) is 47.9 Å². The SMILES string of the molecule is Cc1ccc(C(=O)N2CC(C)N(C)C(C)C2)cc1Br. The molecule has 0 radical (unpaired) electrons. The molecule has 0 aromatic heterocycles. The average molecular weight is 325 g/mol. The maximum atomic E-state index is 12.5. The molecule has 1 fully saturated rings. The van der Waals surface area contributed by atoms with Gasteiger partial charge in [0.15, 0.2) is 0 Å². The van der Waals surface area contributed by atoms with E-state index >= 15 is 0 Å². The van der Waals surface area contributed by atoms with Crippen molar-refractivity contribution >= 4 is 21.8 Å². The first-order chi connectivity index (χ1) is 8.90. The van der Waals surface area contributed by atoms with Crippen LogP contribution >= 0.6 is 15.9 Å². The minimum atomic E-state index is 0.132. The molecule has 0 aliphatic carbocycles. The Balaban J connectivity index is 2.17. The van der Waals surface area contributed by atoms with Gasteiger partial charge in [-0.3, -0.25) is 9.69 Å². The van der Waals surface area contributed by atoms with Crippen LogP contribution in [0.5, 0.6) is 0 Å². The van der Waals surface area contributed by atoms with Crippen LogP contribution in [0.3, 0.4) is 0 Å². The molecule has 1 saturated heterocycles. The highest BCUT2D eigenvalue weighted by atomic mass is 79.9. The Bertz CT molecular complexity index is 477. The number of hydrogen-bond acceptors (Lipinski definition) is 2. The van der Waals surface area contributed by atoms with Gasteiger partial charge in [-0.25, -0.2) is 0 Å². The van der Waals surface area contributed by atoms with Crippen LogP contribution in [0.15, 0.2) is 22.7 Å². The molecule has 2 rings (SSSR count). The summed E-state index contributed by atoms with van der Waals surface area (Å²) in [5.41, 5.74) is 1.91. The molecule has 3 nitrogen and oxygen atoms in total. The van der Waals surface area contributed by atoms with E-state index in [4.69, 9.17) is 0 Å². The maximum absolute atomic E-state index is 12.5. The van der Waals surface area contributed by atoms with Crippen LogP contribution in [0.2, 0.25) is 0 Å². The second-order valence-corrected chi connectivity index (χ2v) is 6.39. The summed E-state index contributed by atoms with van der Waals surface area (Å²) < 4.78 is 0.994. The minimum Gasteiger partial charge on any atom is -0.336 e. The number of benzene rings is 1. The molecule has 1 aliphatic rings. The van der Waals surface area contributed by atoms with Crippen molar-refractivity contribution in [3.05, 3.63) is 33.8 Å². The minimum absolute atomic E-state index is 0.132. The lowest BCUT2D eigenvalue weighted by molar-refractivity contribution is 0.0414. The Morgan fingerprint density at radius 2 is 1.84 bits per heavy atom. The molecule has 1 aromatic rings. The monoisotopic (exact) mass is 324 g/mol. The highest BCUT2D eigenvalue weighted by Gasteiger charge is 2.29. The molecule has 0 bridgehead atoms. The standard InChI is InChI=1S/C15H21BrN2O/c1-10-5-6-13(7-14(10)16)15(19)18-8-11(2)17(4)12(3)9-18/h5-7,11-12H,8-9H2,1-4H3. The summed E-state index contributed by atoms with van der Waals surface area (Å²) in [7, 11) is 2.12. The van der Waals surface area contributed by atoms with E-state index in [1.54, 1.807) is 0 Å². The number of carbonyl (C=O) groups is 1. The van der Waals surface area contributed by atoms with E-state index in [0.29, 0.717) is 12.1 Å². The van der Waals surface area contributed by atoms with E-state index < -0.39 is 0 Å². The molecule has 2 atom stereocenters. The van der Waals surface area contributed by atoms with E-state index in [-0.39, 0.29) is 5.91 Å². The highest BCUT2D eigenvalue weighted by Crippen LogP contribution is 2.21. The smallest absolute Gasteiger partial charge is 0.253 e. The first-order valence-corrected chi connectivity index (χ1v) is 7.47. The van der Waals surface area contributed by atoms with Crippen LogP contribution in [0, 0.1) is 6.92 Å². The molecule has 4 heteroatoms. The van der Waals surface area contributed by atoms with Crippen molar-refractivity contribution in [3.63, 3.8) is 0 Å². The van der Waals surface area contributed by atoms with Crippen LogP contribution in [0.4, 0.5) is 0 Å². The quantitative estimate of drug-likeness (QED) is 0.793. The number of carbonyl (C=O) groups excluding carboxylic acids is 1. The first kappa shape index (κ1) is 14.5. The first-order valence-electron chi connectivity index (χ1n) is 6.67. The molecule has 1 amide bonds. The number of likely N-dealkylation sites (N-methyl/N-ethyl adjacent to an activating group) is 1. The molecule has 2 unspecified atom stereocenters. The predicted molar refractivity (Wildman–Crippen MR) is 81.5 cm³/mol. The van der Waals surface area contributed by atoms with Gasteiger partial charge in [-0.2, -0.15) is 0 Å². The Labute approximate surface area is 123 Å². The fraction of sp³-hybridized carbons (Fsp3) is 0.533. The van der Waals surface area contributed by atoms with Gasteiger partial charge in [-0.1, -0.05) is 22.0 Å². The maximum Gasteiger partial charge on any atom is 0.253 e. The van der Waals surface area contributed by atoms with Crippen molar-refractivity contribution in [3.8, 4) is 0 Å². The molecule has 19 heavy (non-hydrogen) atoms. The van der Waals surface area contributed by atoms with Gasteiger partial charge in [0.25, 0.3) is 5.91 Å². The Morgan fingerprint density at radius 1 is 1.26 bits per heavy atom. The third-order valence-corrected chi connectivity index (χ3v) is 4.92. The summed E-state index contributed by atoms with van der Waals surface area (Å²) >= 11 is 3.49. The average Bonchev–Trinajstić information content (AvgIpc) is 2.37. The summed E-state index contributed by atoms with van der Waals surface area (Å²) in [6, 6.07) is 6.63. The number of halogens is 1. The predicted octanol–water partition coefficient (Wildman–Crippen LogP) is 2.92. The summed E-state index contributed by atoms with van der Waals surface area (Å²) in [4.78, 5) is 16.8. The second-order valence-electron chi connectivity index (χ2n) is 5.54. The van der Waals surface area contributed by atoms with Gasteiger partial charge in [-0.15, -0.1) is 0 Å². The summed E-state index contributed by atoms with van der Waals surface area (Å²) in [5.74, 6) is 0.132. The van der Waals surface area contributed by atoms with Gasteiger partial charge in [-0.05, 0) is 45.5 Å². The molecule has 1 heterocycles. The van der Waals surface area contributed by atoms with Crippen LogP contribution in [0.1, 0.15) is 29.8 Å². The van der Waals surface area contributed by atoms with Crippen molar-refractivity contribution in [1.82, 2.24) is 9.80 Å². The van der Waals surface area contributed by atoms with Crippen molar-refractivity contribution in [2.75, 3.05) is 20.1 Å². The lowest BCUT2D eigenvalue weighted by Gasteiger charge is -2.42. The van der Waals surface area contributed by atoms with Gasteiger partial charge in [0.1, 0.15) is 0 Å². The Morgan fingerprint density at radius 3 is 2.37 bits per heavy atom. The Hall–Kier alpha value is -0.870. The lowest BCUT2D eigenvalue weighted by atomic mass is 10.1. The second kappa shape index (κ2) is 5.63. The van der Waals surface area contributed by atoms with E-state index in [1.165, 1.54) is 0 Å². The molecule has 104 valence electrons. The van der Waals surface area contributed by atoms with Gasteiger partial charge in [0.05, 0.1) is 0 Å². The van der Waals surface area contributed by atoms with Gasteiger partial charge in [0.2, 0.25) is 0 Å². The van der Waals surface area contributed by atoms with E-state index in [1.807, 2.05) is 30.0 Å². The van der Waals surface area contributed by atoms with E-state index in [0.717, 1.165) is 28.7 Å². The number of nitrogens with zero attached hydrogens (tertiary/aromatic N) is 2. The third-order valence-electron chi connectivity index (χ3n) is 4.07. The van der Waals surface area contributed by atoms with Crippen molar-refractivity contribution in [2.24, 2.45) is 0 Å². The van der Waals surface area contributed by atoms with Crippen LogP contribution in [-0.2, 0) is 0 Å². The Kier molecular flexibility index (Phi) is 4.31. The zero-order chi connectivity index (χ0) is 14.2. The largest absolute Gasteiger partial charge is 0.336 e. The van der Waals surface area contributed by atoms with Gasteiger partial charge in [0, 0.05) is 35.2 Å². The number of piperazine rings is 1. The van der Waals surface area contributed by atoms with E-state index in [2.05, 4.69) is 41.7 Å². The number of rotatable bonds is 1. The fourth-order valence-electron chi connectivity index (χ4n) is 2.48. The molecular formula is C15H21BrN2O. The van der Waals surface area contributed by atoms with Crippen LogP contribution < -0.4 is 0 Å². The number of amides is 1. The molecule has 0 saturated carbocycles. The molecule has 1 aliphatic heterocycles. The summed E-state index contributed by atoms with van der Waals surface area (Å²) in [6.07, 6.45) is 0. The van der Waals surface area contributed by atoms with Crippen LogP contribution in [0.25, 0.3) is 0 Å². The molecule has 0 N–H and O–H groups in total. The molecular weight excluding hydrogens is 304 g/mol. The number of aryl methyl sites for hydroxylation is 1. The van der Waals surface area contributed by atoms with Crippen molar-refractivity contribution in [1.29, 1.82) is 0 Å².